The zero-order valence-corrected chi connectivity index (χ0v) is 9.72. The van der Waals surface area contributed by atoms with Crippen molar-refractivity contribution < 1.29 is 13.2 Å². The van der Waals surface area contributed by atoms with Gasteiger partial charge in [-0.25, -0.2) is 0 Å². The zero-order chi connectivity index (χ0) is 11.8. The third-order valence-corrected chi connectivity index (χ3v) is 2.83. The largest absolute Gasteiger partial charge is 0.442 e. The van der Waals surface area contributed by atoms with E-state index in [9.17, 15) is 13.2 Å². The van der Waals surface area contributed by atoms with Crippen molar-refractivity contribution in [2.45, 2.75) is 18.3 Å². The molecule has 0 bridgehead atoms. The van der Waals surface area contributed by atoms with Crippen LogP contribution in [0.15, 0.2) is 34.5 Å². The van der Waals surface area contributed by atoms with Crippen molar-refractivity contribution >= 4 is 15.9 Å². The van der Waals surface area contributed by atoms with Crippen LogP contribution in [0.4, 0.5) is 13.2 Å². The first kappa shape index (κ1) is 11.6. The summed E-state index contributed by atoms with van der Waals surface area (Å²) in [6.07, 6.45) is -3.66. The quantitative estimate of drug-likeness (QED) is 0.757. The van der Waals surface area contributed by atoms with E-state index in [1.807, 2.05) is 0 Å². The number of alkyl halides is 4. The third-order valence-electron chi connectivity index (χ3n) is 2.43. The van der Waals surface area contributed by atoms with Gasteiger partial charge in [0.25, 0.3) is 0 Å². The second-order valence-electron chi connectivity index (χ2n) is 3.51. The van der Waals surface area contributed by atoms with Crippen LogP contribution in [0.3, 0.4) is 0 Å². The van der Waals surface area contributed by atoms with Gasteiger partial charge in [-0.05, 0) is 12.0 Å². The molecular formula is C10H8BrF3N2. The lowest BCUT2D eigenvalue weighted by Gasteiger charge is -2.14. The molecule has 1 heterocycles. The van der Waals surface area contributed by atoms with Gasteiger partial charge in [-0.3, -0.25) is 0 Å². The van der Waals surface area contributed by atoms with Crippen LogP contribution in [0.25, 0.3) is 0 Å². The molecule has 86 valence electrons. The average molecular weight is 293 g/mol. The molecule has 0 unspecified atom stereocenters. The summed E-state index contributed by atoms with van der Waals surface area (Å²) in [4.78, 5) is 0. The number of hydrogen-bond acceptors (Lipinski definition) is 2. The predicted octanol–water partition coefficient (Wildman–Crippen LogP) is 3.80. The molecule has 0 saturated carbocycles. The first-order chi connectivity index (χ1) is 7.49. The van der Waals surface area contributed by atoms with Crippen molar-refractivity contribution in [2.24, 2.45) is 10.2 Å². The van der Waals surface area contributed by atoms with Gasteiger partial charge < -0.3 is 0 Å². The number of rotatable bonds is 3. The second kappa shape index (κ2) is 3.84. The van der Waals surface area contributed by atoms with Crippen LogP contribution in [0, 0.1) is 0 Å². The molecule has 0 radical (unpaired) electrons. The second-order valence-corrected chi connectivity index (χ2v) is 4.30. The fraction of sp³-hybridized carbons (Fsp3) is 0.400. The molecular weight excluding hydrogens is 285 g/mol. The summed E-state index contributed by atoms with van der Waals surface area (Å²) in [5.74, 6) is 0. The lowest BCUT2D eigenvalue weighted by atomic mass is 10.0. The topological polar surface area (TPSA) is 24.7 Å². The molecule has 1 aromatic rings. The van der Waals surface area contributed by atoms with E-state index in [4.69, 9.17) is 0 Å². The molecule has 0 spiro atoms. The highest BCUT2D eigenvalue weighted by Gasteiger charge is 2.65. The minimum atomic E-state index is -4.44. The Kier molecular flexibility index (Phi) is 2.77. The molecule has 0 fully saturated rings. The van der Waals surface area contributed by atoms with E-state index in [2.05, 4.69) is 26.2 Å². The number of nitrogens with zero attached hydrogens (tertiary/aromatic N) is 2. The Labute approximate surface area is 98.7 Å². The van der Waals surface area contributed by atoms with Crippen LogP contribution >= 0.6 is 15.9 Å². The Balaban J connectivity index is 2.23. The van der Waals surface area contributed by atoms with Crippen molar-refractivity contribution in [1.29, 1.82) is 0 Å². The molecule has 16 heavy (non-hydrogen) atoms. The minimum Gasteiger partial charge on any atom is -0.166 e. The smallest absolute Gasteiger partial charge is 0.166 e. The van der Waals surface area contributed by atoms with Crippen molar-refractivity contribution in [1.82, 2.24) is 0 Å². The molecule has 0 atom stereocenters. The van der Waals surface area contributed by atoms with Crippen molar-refractivity contribution in [2.75, 3.05) is 5.33 Å². The summed E-state index contributed by atoms with van der Waals surface area (Å²) < 4.78 is 37.9. The fourth-order valence-electron chi connectivity index (χ4n) is 1.46. The van der Waals surface area contributed by atoms with Crippen LogP contribution in [0.2, 0.25) is 0 Å². The summed E-state index contributed by atoms with van der Waals surface area (Å²) in [6, 6.07) is 6.22. The van der Waals surface area contributed by atoms with Crippen LogP contribution in [0.5, 0.6) is 0 Å². The monoisotopic (exact) mass is 292 g/mol. The molecule has 1 aliphatic rings. The van der Waals surface area contributed by atoms with Gasteiger partial charge in [-0.15, -0.1) is 10.2 Å². The Morgan fingerprint density at radius 2 is 1.69 bits per heavy atom. The zero-order valence-electron chi connectivity index (χ0n) is 8.13. The summed E-state index contributed by atoms with van der Waals surface area (Å²) in [7, 11) is 0. The molecule has 2 rings (SSSR count). The number of halogens is 4. The Hall–Kier alpha value is -0.910. The SMILES string of the molecule is FC(F)(F)C1(c2ccc(CCBr)cc2)N=N1. The molecule has 0 N–H and O–H groups in total. The van der Waals surface area contributed by atoms with Gasteiger partial charge in [0.2, 0.25) is 0 Å². The van der Waals surface area contributed by atoms with Crippen LogP contribution < -0.4 is 0 Å². The van der Waals surface area contributed by atoms with Crippen molar-refractivity contribution in [3.63, 3.8) is 0 Å². The van der Waals surface area contributed by atoms with Gasteiger partial charge in [-0.1, -0.05) is 40.2 Å². The molecule has 1 aromatic carbocycles. The fourth-order valence-corrected chi connectivity index (χ4v) is 1.91. The van der Waals surface area contributed by atoms with Gasteiger partial charge >= 0.3 is 11.8 Å². The van der Waals surface area contributed by atoms with E-state index in [1.54, 1.807) is 12.1 Å². The number of hydrogen-bond donors (Lipinski definition) is 0. The standard InChI is InChI=1S/C10H8BrF3N2/c11-6-5-7-1-3-8(4-2-7)9(15-16-9)10(12,13)14/h1-4H,5-6H2. The number of benzene rings is 1. The summed E-state index contributed by atoms with van der Waals surface area (Å²) in [5.41, 5.74) is -1.23. The van der Waals surface area contributed by atoms with Gasteiger partial charge in [0.15, 0.2) is 0 Å². The van der Waals surface area contributed by atoms with Gasteiger partial charge in [0.1, 0.15) is 0 Å². The highest BCUT2D eigenvalue weighted by Crippen LogP contribution is 2.52. The summed E-state index contributed by atoms with van der Waals surface area (Å²) in [5, 5.41) is 7.07. The Morgan fingerprint density at radius 3 is 2.06 bits per heavy atom. The number of aryl methyl sites for hydroxylation is 1. The van der Waals surface area contributed by atoms with Gasteiger partial charge in [0.05, 0.1) is 0 Å². The first-order valence-corrected chi connectivity index (χ1v) is 5.78. The highest BCUT2D eigenvalue weighted by molar-refractivity contribution is 9.09. The van der Waals surface area contributed by atoms with E-state index in [0.29, 0.717) is 0 Å². The molecule has 2 nitrogen and oxygen atoms in total. The summed E-state index contributed by atoms with van der Waals surface area (Å²) >= 11 is 3.27. The van der Waals surface area contributed by atoms with Gasteiger partial charge in [0, 0.05) is 10.9 Å². The van der Waals surface area contributed by atoms with Gasteiger partial charge in [-0.2, -0.15) is 13.2 Å². The average Bonchev–Trinajstić information content (AvgIpc) is 2.99. The van der Waals surface area contributed by atoms with E-state index in [-0.39, 0.29) is 5.56 Å². The molecule has 1 aliphatic heterocycles. The molecule has 0 saturated heterocycles. The van der Waals surface area contributed by atoms with Crippen LogP contribution in [0.1, 0.15) is 11.1 Å². The first-order valence-electron chi connectivity index (χ1n) is 4.66. The molecule has 0 aliphatic carbocycles. The summed E-state index contributed by atoms with van der Waals surface area (Å²) in [6.45, 7) is 0. The molecule has 6 heteroatoms. The minimum absolute atomic E-state index is 0.0818. The van der Waals surface area contributed by atoms with Crippen LogP contribution in [-0.2, 0) is 12.1 Å². The normalized spacial score (nSPS) is 17.5. The Bertz CT molecular complexity index is 405. The predicted molar refractivity (Wildman–Crippen MR) is 56.5 cm³/mol. The van der Waals surface area contributed by atoms with E-state index >= 15 is 0 Å². The van der Waals surface area contributed by atoms with Crippen LogP contribution in [-0.4, -0.2) is 11.5 Å². The van der Waals surface area contributed by atoms with E-state index in [1.165, 1.54) is 12.1 Å². The molecule has 0 amide bonds. The van der Waals surface area contributed by atoms with E-state index in [0.717, 1.165) is 17.3 Å². The maximum Gasteiger partial charge on any atom is 0.442 e. The third kappa shape index (κ3) is 1.86. The molecule has 0 aromatic heterocycles. The lowest BCUT2D eigenvalue weighted by molar-refractivity contribution is -0.166. The maximum absolute atomic E-state index is 12.6. The Morgan fingerprint density at radius 1 is 1.12 bits per heavy atom. The lowest BCUT2D eigenvalue weighted by Crippen LogP contribution is -2.30. The van der Waals surface area contributed by atoms with Crippen molar-refractivity contribution in [3.8, 4) is 0 Å². The maximum atomic E-state index is 12.6. The highest BCUT2D eigenvalue weighted by atomic mass is 79.9. The van der Waals surface area contributed by atoms with Crippen molar-refractivity contribution in [3.05, 3.63) is 35.4 Å². The van der Waals surface area contributed by atoms with E-state index < -0.39 is 11.8 Å².